The van der Waals surface area contributed by atoms with E-state index >= 15 is 0 Å². The number of amides is 2. The second-order valence-corrected chi connectivity index (χ2v) is 9.01. The standard InChI is InChI=1S/C28H30N4O2S/c1-3-21-8-10-22(11-9-21)26(33)30-28(35)29-23-12-14-24(15-13-23)31-16-18-32(19-17-31)27(34)25-7-5-4-6-20(25)2/h4-15H,3,16-19H2,1-2H3,(H2,29,30,33,35). The number of hydrogen-bond acceptors (Lipinski definition) is 4. The Kier molecular flexibility index (Phi) is 7.77. The van der Waals surface area contributed by atoms with Crippen molar-refractivity contribution in [1.29, 1.82) is 0 Å². The highest BCUT2D eigenvalue weighted by atomic mass is 32.1. The van der Waals surface area contributed by atoms with Crippen molar-refractivity contribution in [3.05, 3.63) is 95.1 Å². The van der Waals surface area contributed by atoms with Crippen LogP contribution in [0.1, 0.15) is 38.8 Å². The molecule has 0 radical (unpaired) electrons. The van der Waals surface area contributed by atoms with Gasteiger partial charge in [0.25, 0.3) is 11.8 Å². The summed E-state index contributed by atoms with van der Waals surface area (Å²) in [6.07, 6.45) is 0.930. The van der Waals surface area contributed by atoms with E-state index in [0.29, 0.717) is 18.7 Å². The summed E-state index contributed by atoms with van der Waals surface area (Å²) < 4.78 is 0. The van der Waals surface area contributed by atoms with Gasteiger partial charge in [0.05, 0.1) is 0 Å². The van der Waals surface area contributed by atoms with Crippen LogP contribution in [0.4, 0.5) is 11.4 Å². The monoisotopic (exact) mass is 486 g/mol. The maximum Gasteiger partial charge on any atom is 0.257 e. The number of rotatable bonds is 5. The number of nitrogens with zero attached hydrogens (tertiary/aromatic N) is 2. The Morgan fingerprint density at radius 1 is 0.886 bits per heavy atom. The smallest absolute Gasteiger partial charge is 0.257 e. The fraction of sp³-hybridized carbons (Fsp3) is 0.250. The van der Waals surface area contributed by atoms with Crippen molar-refractivity contribution < 1.29 is 9.59 Å². The molecule has 1 fully saturated rings. The first kappa shape index (κ1) is 24.4. The van der Waals surface area contributed by atoms with Crippen LogP contribution in [0.25, 0.3) is 0 Å². The van der Waals surface area contributed by atoms with E-state index in [1.807, 2.05) is 72.5 Å². The molecule has 0 spiro atoms. The molecule has 2 amide bonds. The van der Waals surface area contributed by atoms with Crippen LogP contribution in [0.15, 0.2) is 72.8 Å². The minimum atomic E-state index is -0.236. The minimum absolute atomic E-state index is 0.0964. The number of aryl methyl sites for hydroxylation is 2. The van der Waals surface area contributed by atoms with Crippen molar-refractivity contribution in [1.82, 2.24) is 10.2 Å². The number of anilines is 2. The molecule has 1 aliphatic heterocycles. The summed E-state index contributed by atoms with van der Waals surface area (Å²) >= 11 is 5.31. The SMILES string of the molecule is CCc1ccc(C(=O)NC(=S)Nc2ccc(N3CCN(C(=O)c4ccccc4C)CC3)cc2)cc1. The Bertz CT molecular complexity index is 1200. The lowest BCUT2D eigenvalue weighted by Gasteiger charge is -2.36. The highest BCUT2D eigenvalue weighted by molar-refractivity contribution is 7.80. The van der Waals surface area contributed by atoms with Gasteiger partial charge in [0.2, 0.25) is 0 Å². The van der Waals surface area contributed by atoms with E-state index in [2.05, 4.69) is 22.5 Å². The molecule has 2 N–H and O–H groups in total. The molecule has 6 nitrogen and oxygen atoms in total. The molecule has 3 aromatic rings. The number of thiocarbonyl (C=S) groups is 1. The van der Waals surface area contributed by atoms with E-state index in [1.165, 1.54) is 5.56 Å². The van der Waals surface area contributed by atoms with Crippen molar-refractivity contribution in [2.24, 2.45) is 0 Å². The molecule has 0 aromatic heterocycles. The van der Waals surface area contributed by atoms with Crippen LogP contribution in [-0.4, -0.2) is 48.0 Å². The molecule has 1 heterocycles. The van der Waals surface area contributed by atoms with Gasteiger partial charge in [-0.05, 0) is 79.2 Å². The first-order valence-corrected chi connectivity index (χ1v) is 12.3. The lowest BCUT2D eigenvalue weighted by atomic mass is 10.1. The fourth-order valence-electron chi connectivity index (χ4n) is 4.14. The van der Waals surface area contributed by atoms with Crippen LogP contribution < -0.4 is 15.5 Å². The van der Waals surface area contributed by atoms with Crippen LogP contribution in [0, 0.1) is 6.92 Å². The quantitative estimate of drug-likeness (QED) is 0.514. The van der Waals surface area contributed by atoms with Gasteiger partial charge in [-0.2, -0.15) is 0 Å². The minimum Gasteiger partial charge on any atom is -0.368 e. The molecule has 0 aliphatic carbocycles. The highest BCUT2D eigenvalue weighted by Gasteiger charge is 2.23. The van der Waals surface area contributed by atoms with E-state index in [4.69, 9.17) is 12.2 Å². The van der Waals surface area contributed by atoms with Gasteiger partial charge in [-0.3, -0.25) is 14.9 Å². The summed E-state index contributed by atoms with van der Waals surface area (Å²) in [6, 6.07) is 23.2. The molecule has 1 saturated heterocycles. The third kappa shape index (κ3) is 6.05. The third-order valence-electron chi connectivity index (χ3n) is 6.28. The second-order valence-electron chi connectivity index (χ2n) is 8.60. The van der Waals surface area contributed by atoms with Gasteiger partial charge in [-0.15, -0.1) is 0 Å². The average molecular weight is 487 g/mol. The maximum atomic E-state index is 12.9. The van der Waals surface area contributed by atoms with Gasteiger partial charge in [-0.25, -0.2) is 0 Å². The Morgan fingerprint density at radius 3 is 2.17 bits per heavy atom. The maximum absolute atomic E-state index is 12.9. The van der Waals surface area contributed by atoms with Crippen LogP contribution >= 0.6 is 12.2 Å². The van der Waals surface area contributed by atoms with Crippen molar-refractivity contribution in [3.63, 3.8) is 0 Å². The number of benzene rings is 3. The fourth-order valence-corrected chi connectivity index (χ4v) is 4.35. The zero-order valence-electron chi connectivity index (χ0n) is 20.1. The number of carbonyl (C=O) groups is 2. The number of nitrogens with one attached hydrogen (secondary N) is 2. The Labute approximate surface area is 211 Å². The normalized spacial score (nSPS) is 13.3. The summed E-state index contributed by atoms with van der Waals surface area (Å²) in [5.41, 5.74) is 5.42. The van der Waals surface area contributed by atoms with Crippen molar-refractivity contribution in [2.45, 2.75) is 20.3 Å². The molecule has 7 heteroatoms. The molecular formula is C28H30N4O2S. The van der Waals surface area contributed by atoms with Crippen LogP contribution in [0.5, 0.6) is 0 Å². The first-order chi connectivity index (χ1) is 16.9. The van der Waals surface area contributed by atoms with Gasteiger partial charge in [-0.1, -0.05) is 37.3 Å². The summed E-state index contributed by atoms with van der Waals surface area (Å²) in [4.78, 5) is 29.5. The lowest BCUT2D eigenvalue weighted by Crippen LogP contribution is -2.48. The average Bonchev–Trinajstić information content (AvgIpc) is 2.89. The zero-order chi connectivity index (χ0) is 24.8. The van der Waals surface area contributed by atoms with E-state index in [1.54, 1.807) is 12.1 Å². The van der Waals surface area contributed by atoms with E-state index in [0.717, 1.165) is 42.0 Å². The Morgan fingerprint density at radius 2 is 1.54 bits per heavy atom. The first-order valence-electron chi connectivity index (χ1n) is 11.9. The number of piperazine rings is 1. The van der Waals surface area contributed by atoms with Crippen molar-refractivity contribution >= 4 is 40.5 Å². The molecule has 35 heavy (non-hydrogen) atoms. The Balaban J connectivity index is 1.28. The van der Waals surface area contributed by atoms with E-state index < -0.39 is 0 Å². The van der Waals surface area contributed by atoms with Gasteiger partial charge < -0.3 is 15.1 Å². The molecule has 0 saturated carbocycles. The topological polar surface area (TPSA) is 64.7 Å². The van der Waals surface area contributed by atoms with Gasteiger partial charge in [0.15, 0.2) is 5.11 Å². The third-order valence-corrected chi connectivity index (χ3v) is 6.49. The van der Waals surface area contributed by atoms with Gasteiger partial charge in [0.1, 0.15) is 0 Å². The molecule has 0 atom stereocenters. The van der Waals surface area contributed by atoms with E-state index in [9.17, 15) is 9.59 Å². The molecule has 1 aliphatic rings. The summed E-state index contributed by atoms with van der Waals surface area (Å²) in [5, 5.41) is 6.05. The second kappa shape index (κ2) is 11.1. The van der Waals surface area contributed by atoms with Crippen molar-refractivity contribution in [3.8, 4) is 0 Å². The van der Waals surface area contributed by atoms with Gasteiger partial charge >= 0.3 is 0 Å². The van der Waals surface area contributed by atoms with E-state index in [-0.39, 0.29) is 16.9 Å². The largest absolute Gasteiger partial charge is 0.368 e. The molecule has 4 rings (SSSR count). The van der Waals surface area contributed by atoms with Crippen LogP contribution in [0.2, 0.25) is 0 Å². The van der Waals surface area contributed by atoms with Crippen LogP contribution in [0.3, 0.4) is 0 Å². The summed E-state index contributed by atoms with van der Waals surface area (Å²) in [6.45, 7) is 6.96. The highest BCUT2D eigenvalue weighted by Crippen LogP contribution is 2.21. The predicted octanol–water partition coefficient (Wildman–Crippen LogP) is 4.65. The number of carbonyl (C=O) groups excluding carboxylic acids is 2. The van der Waals surface area contributed by atoms with Crippen LogP contribution in [-0.2, 0) is 6.42 Å². The summed E-state index contributed by atoms with van der Waals surface area (Å²) in [7, 11) is 0. The molecular weight excluding hydrogens is 456 g/mol. The summed E-state index contributed by atoms with van der Waals surface area (Å²) in [5.74, 6) is -0.140. The number of hydrogen-bond donors (Lipinski definition) is 2. The van der Waals surface area contributed by atoms with Crippen molar-refractivity contribution in [2.75, 3.05) is 36.4 Å². The molecule has 0 bridgehead atoms. The Hall–Kier alpha value is -3.71. The molecule has 180 valence electrons. The lowest BCUT2D eigenvalue weighted by molar-refractivity contribution is 0.0746. The van der Waals surface area contributed by atoms with Gasteiger partial charge in [0, 0.05) is 48.7 Å². The molecule has 0 unspecified atom stereocenters. The molecule has 3 aromatic carbocycles. The predicted molar refractivity (Wildman–Crippen MR) is 145 cm³/mol. The zero-order valence-corrected chi connectivity index (χ0v) is 20.9.